The lowest BCUT2D eigenvalue weighted by Crippen LogP contribution is -2.57. The molecule has 0 aromatic heterocycles. The zero-order valence-electron chi connectivity index (χ0n) is 16.8. The van der Waals surface area contributed by atoms with E-state index in [9.17, 15) is 29.1 Å². The van der Waals surface area contributed by atoms with Crippen molar-refractivity contribution < 1.29 is 29.1 Å². The van der Waals surface area contributed by atoms with Gasteiger partial charge in [-0.2, -0.15) is 12.6 Å². The molecular weight excluding hydrogens is 426 g/mol. The number of carboxylic acid groups (broad SMARTS) is 1. The molecule has 0 heterocycles. The van der Waals surface area contributed by atoms with Crippen LogP contribution in [-0.4, -0.2) is 63.5 Å². The number of rotatable bonds is 13. The molecule has 0 bridgehead atoms. The van der Waals surface area contributed by atoms with Gasteiger partial charge in [0.2, 0.25) is 23.6 Å². The van der Waals surface area contributed by atoms with Crippen molar-refractivity contribution in [3.8, 4) is 0 Å². The molecule has 0 aliphatic heterocycles. The Bertz CT molecular complexity index is 806. The molecule has 0 fully saturated rings. The van der Waals surface area contributed by atoms with E-state index in [1.54, 1.807) is 30.3 Å². The summed E-state index contributed by atoms with van der Waals surface area (Å²) in [5.41, 5.74) is 16.6. The molecule has 4 amide bonds. The van der Waals surface area contributed by atoms with Crippen molar-refractivity contribution in [2.24, 2.45) is 17.2 Å². The number of carboxylic acids is 1. The van der Waals surface area contributed by atoms with Gasteiger partial charge in [-0.05, 0) is 12.0 Å². The topological polar surface area (TPSA) is 199 Å². The molecular formula is C19H27N5O6S. The van der Waals surface area contributed by atoms with Gasteiger partial charge in [-0.15, -0.1) is 0 Å². The first-order valence-electron chi connectivity index (χ1n) is 9.37. The highest BCUT2D eigenvalue weighted by molar-refractivity contribution is 7.80. The maximum atomic E-state index is 13.2. The molecule has 3 unspecified atom stereocenters. The van der Waals surface area contributed by atoms with Crippen LogP contribution in [0.3, 0.4) is 0 Å². The quantitative estimate of drug-likeness (QED) is 0.192. The number of carbonyl (C=O) groups excluding carboxylic acids is 4. The van der Waals surface area contributed by atoms with Gasteiger partial charge in [0.25, 0.3) is 0 Å². The Morgan fingerprint density at radius 1 is 1.06 bits per heavy atom. The number of nitrogens with one attached hydrogen (secondary N) is 1. The Morgan fingerprint density at radius 2 is 1.68 bits per heavy atom. The van der Waals surface area contributed by atoms with Crippen molar-refractivity contribution in [1.82, 2.24) is 10.2 Å². The number of benzene rings is 1. The van der Waals surface area contributed by atoms with Crippen LogP contribution in [0.2, 0.25) is 0 Å². The van der Waals surface area contributed by atoms with Crippen molar-refractivity contribution in [3.63, 3.8) is 0 Å². The number of nitrogens with zero attached hydrogens (tertiary/aromatic N) is 1. The fourth-order valence-corrected chi connectivity index (χ4v) is 3.09. The second-order valence-corrected chi connectivity index (χ2v) is 7.20. The summed E-state index contributed by atoms with van der Waals surface area (Å²) in [7, 11) is 0. The van der Waals surface area contributed by atoms with Crippen LogP contribution in [0.25, 0.3) is 0 Å². The van der Waals surface area contributed by atoms with Gasteiger partial charge < -0.3 is 32.5 Å². The lowest BCUT2D eigenvalue weighted by molar-refractivity contribution is -0.151. The van der Waals surface area contributed by atoms with Gasteiger partial charge in [0.1, 0.15) is 12.1 Å². The van der Waals surface area contributed by atoms with Crippen molar-refractivity contribution in [2.75, 3.05) is 5.75 Å². The van der Waals surface area contributed by atoms with Crippen LogP contribution in [0, 0.1) is 0 Å². The highest BCUT2D eigenvalue weighted by Crippen LogP contribution is 2.14. The number of amides is 4. The minimum atomic E-state index is -1.45. The SMILES string of the molecule is NC(=O)CCC(N)C(=O)NC(CC(N)=O)C(=O)N(Cc1ccccc1)C(CS)C(=O)O. The van der Waals surface area contributed by atoms with Crippen molar-refractivity contribution >= 4 is 42.2 Å². The molecule has 1 aromatic carbocycles. The summed E-state index contributed by atoms with van der Waals surface area (Å²) in [6, 6.07) is 4.63. The summed E-state index contributed by atoms with van der Waals surface area (Å²) in [4.78, 5) is 60.7. The molecule has 0 aliphatic carbocycles. The van der Waals surface area contributed by atoms with E-state index in [1.807, 2.05) is 0 Å². The molecule has 0 radical (unpaired) electrons. The Kier molecular flexibility index (Phi) is 10.5. The molecule has 1 aromatic rings. The molecule has 12 heteroatoms. The van der Waals surface area contributed by atoms with Crippen LogP contribution in [0.5, 0.6) is 0 Å². The van der Waals surface area contributed by atoms with Crippen molar-refractivity contribution in [1.29, 1.82) is 0 Å². The summed E-state index contributed by atoms with van der Waals surface area (Å²) in [6.45, 7) is -0.101. The normalized spacial score (nSPS) is 13.5. The van der Waals surface area contributed by atoms with E-state index < -0.39 is 54.1 Å². The molecule has 31 heavy (non-hydrogen) atoms. The summed E-state index contributed by atoms with van der Waals surface area (Å²) in [6.07, 6.45) is -0.790. The minimum Gasteiger partial charge on any atom is -0.480 e. The molecule has 0 spiro atoms. The third kappa shape index (κ3) is 8.64. The van der Waals surface area contributed by atoms with E-state index in [2.05, 4.69) is 17.9 Å². The van der Waals surface area contributed by atoms with E-state index in [0.29, 0.717) is 5.56 Å². The number of hydrogen-bond donors (Lipinski definition) is 6. The predicted octanol–water partition coefficient (Wildman–Crippen LogP) is -1.65. The van der Waals surface area contributed by atoms with Gasteiger partial charge in [0, 0.05) is 18.7 Å². The summed E-state index contributed by atoms with van der Waals surface area (Å²) < 4.78 is 0. The van der Waals surface area contributed by atoms with E-state index in [4.69, 9.17) is 17.2 Å². The number of aliphatic carboxylic acids is 1. The van der Waals surface area contributed by atoms with Gasteiger partial charge in [0.15, 0.2) is 0 Å². The van der Waals surface area contributed by atoms with Crippen LogP contribution >= 0.6 is 12.6 Å². The van der Waals surface area contributed by atoms with E-state index >= 15 is 0 Å². The lowest BCUT2D eigenvalue weighted by atomic mass is 10.1. The zero-order chi connectivity index (χ0) is 23.6. The maximum absolute atomic E-state index is 13.2. The molecule has 170 valence electrons. The summed E-state index contributed by atoms with van der Waals surface area (Å²) in [5.74, 6) is -4.69. The van der Waals surface area contributed by atoms with E-state index in [0.717, 1.165) is 4.90 Å². The number of thiol groups is 1. The number of hydrogen-bond acceptors (Lipinski definition) is 7. The highest BCUT2D eigenvalue weighted by atomic mass is 32.1. The predicted molar refractivity (Wildman–Crippen MR) is 114 cm³/mol. The zero-order valence-corrected chi connectivity index (χ0v) is 17.7. The molecule has 8 N–H and O–H groups in total. The first-order chi connectivity index (χ1) is 14.6. The number of carbonyl (C=O) groups is 5. The minimum absolute atomic E-state index is 0.0687. The second kappa shape index (κ2) is 12.5. The van der Waals surface area contributed by atoms with Gasteiger partial charge in [-0.25, -0.2) is 4.79 Å². The van der Waals surface area contributed by atoms with E-state index in [1.165, 1.54) is 0 Å². The Morgan fingerprint density at radius 3 is 2.16 bits per heavy atom. The first-order valence-corrected chi connectivity index (χ1v) is 10.0. The molecule has 0 saturated heterocycles. The Labute approximate surface area is 184 Å². The van der Waals surface area contributed by atoms with Crippen molar-refractivity contribution in [2.45, 2.75) is 43.9 Å². The number of nitrogens with two attached hydrogens (primary N) is 3. The average Bonchev–Trinajstić information content (AvgIpc) is 2.70. The summed E-state index contributed by atoms with van der Waals surface area (Å²) >= 11 is 4.03. The lowest BCUT2D eigenvalue weighted by Gasteiger charge is -2.32. The van der Waals surface area contributed by atoms with Gasteiger partial charge in [-0.3, -0.25) is 19.2 Å². The molecule has 3 atom stereocenters. The molecule has 0 aliphatic rings. The summed E-state index contributed by atoms with van der Waals surface area (Å²) in [5, 5.41) is 11.9. The Balaban J connectivity index is 3.14. The highest BCUT2D eigenvalue weighted by Gasteiger charge is 2.35. The van der Waals surface area contributed by atoms with Crippen LogP contribution in [-0.2, 0) is 30.5 Å². The monoisotopic (exact) mass is 453 g/mol. The fraction of sp³-hybridized carbons (Fsp3) is 0.421. The molecule has 0 saturated carbocycles. The third-order valence-corrected chi connectivity index (χ3v) is 4.72. The van der Waals surface area contributed by atoms with Crippen LogP contribution < -0.4 is 22.5 Å². The van der Waals surface area contributed by atoms with Crippen molar-refractivity contribution in [3.05, 3.63) is 35.9 Å². The largest absolute Gasteiger partial charge is 0.480 e. The van der Waals surface area contributed by atoms with Crippen LogP contribution in [0.4, 0.5) is 0 Å². The second-order valence-electron chi connectivity index (χ2n) is 6.83. The first kappa shape index (κ1) is 25.9. The average molecular weight is 454 g/mol. The molecule has 1 rings (SSSR count). The van der Waals surface area contributed by atoms with Gasteiger partial charge in [-0.1, -0.05) is 30.3 Å². The van der Waals surface area contributed by atoms with Gasteiger partial charge in [0.05, 0.1) is 12.5 Å². The van der Waals surface area contributed by atoms with Crippen LogP contribution in [0.15, 0.2) is 30.3 Å². The van der Waals surface area contributed by atoms with E-state index in [-0.39, 0.29) is 25.1 Å². The number of primary amides is 2. The third-order valence-electron chi connectivity index (χ3n) is 4.37. The maximum Gasteiger partial charge on any atom is 0.327 e. The standard InChI is InChI=1S/C19H27N5O6S/c20-12(6-7-15(21)25)17(27)23-13(8-16(22)26)18(28)24(14(10-31)19(29)30)9-11-4-2-1-3-5-11/h1-5,12-14,31H,6-10,20H2,(H2,21,25)(H2,22,26)(H,23,27)(H,29,30). The van der Waals surface area contributed by atoms with Crippen LogP contribution in [0.1, 0.15) is 24.8 Å². The smallest absolute Gasteiger partial charge is 0.327 e. The van der Waals surface area contributed by atoms with Gasteiger partial charge >= 0.3 is 5.97 Å². The molecule has 11 nitrogen and oxygen atoms in total. The fourth-order valence-electron chi connectivity index (χ4n) is 2.74. The Hall–Kier alpha value is -3.12.